The Morgan fingerprint density at radius 2 is 1.95 bits per heavy atom. The van der Waals surface area contributed by atoms with Crippen molar-refractivity contribution in [1.29, 1.82) is 0 Å². The molecule has 2 heterocycles. The topological polar surface area (TPSA) is 83.6 Å². The van der Waals surface area contributed by atoms with Gasteiger partial charge in [-0.1, -0.05) is 0 Å². The van der Waals surface area contributed by atoms with E-state index in [1.54, 1.807) is 6.92 Å². The number of nitrogens with one attached hydrogen (secondary N) is 2. The summed E-state index contributed by atoms with van der Waals surface area (Å²) in [6.07, 6.45) is -4.59. The van der Waals surface area contributed by atoms with Crippen LogP contribution in [0.5, 0.6) is 0 Å². The van der Waals surface area contributed by atoms with Crippen molar-refractivity contribution in [2.75, 3.05) is 12.4 Å². The lowest BCUT2D eigenvalue weighted by atomic mass is 10.4. The van der Waals surface area contributed by atoms with E-state index >= 15 is 0 Å². The van der Waals surface area contributed by atoms with Gasteiger partial charge in [0.15, 0.2) is 10.9 Å². The molecule has 0 saturated carbocycles. The van der Waals surface area contributed by atoms with Crippen molar-refractivity contribution >= 4 is 17.7 Å². The number of aromatic nitrogens is 4. The summed E-state index contributed by atoms with van der Waals surface area (Å²) >= 11 is 0.818. The number of rotatable bonds is 3. The Bertz CT molecular complexity index is 716. The van der Waals surface area contributed by atoms with Gasteiger partial charge in [-0.3, -0.25) is 4.79 Å². The summed E-state index contributed by atoms with van der Waals surface area (Å²) in [7, 11) is 1.41. The van der Waals surface area contributed by atoms with Crippen LogP contribution in [0.3, 0.4) is 0 Å². The lowest BCUT2D eigenvalue weighted by Gasteiger charge is -2.09. The first kappa shape index (κ1) is 15.3. The Morgan fingerprint density at radius 3 is 2.52 bits per heavy atom. The molecule has 0 saturated heterocycles. The molecular weight excluding hydrogens is 307 g/mol. The number of anilines is 1. The number of alkyl halides is 3. The predicted molar refractivity (Wildman–Crippen MR) is 70.3 cm³/mol. The van der Waals surface area contributed by atoms with Gasteiger partial charge in [0.2, 0.25) is 5.95 Å². The van der Waals surface area contributed by atoms with E-state index in [0.717, 1.165) is 17.8 Å². The first-order valence-electron chi connectivity index (χ1n) is 5.68. The zero-order valence-corrected chi connectivity index (χ0v) is 11.8. The van der Waals surface area contributed by atoms with Gasteiger partial charge in [-0.2, -0.15) is 13.2 Å². The standard InChI is InChI=1S/C11H10F3N5OS/c1-5-3-7(20)18-10(16-5)21-8-4-6(11(12,13)14)17-9(15-2)19-8/h3-4H,1-2H3,(H,15,17,19)(H,16,18,20). The molecule has 21 heavy (non-hydrogen) atoms. The number of hydrogen-bond acceptors (Lipinski definition) is 6. The Kier molecular flexibility index (Phi) is 4.16. The first-order chi connectivity index (χ1) is 9.77. The average Bonchev–Trinajstić information content (AvgIpc) is 2.36. The summed E-state index contributed by atoms with van der Waals surface area (Å²) in [6.45, 7) is 1.61. The molecule has 10 heteroatoms. The summed E-state index contributed by atoms with van der Waals surface area (Å²) in [6, 6.07) is 2.08. The fourth-order valence-electron chi connectivity index (χ4n) is 1.43. The summed E-state index contributed by atoms with van der Waals surface area (Å²) in [5.74, 6) is -0.165. The highest BCUT2D eigenvalue weighted by Gasteiger charge is 2.33. The maximum Gasteiger partial charge on any atom is 0.433 e. The van der Waals surface area contributed by atoms with Crippen LogP contribution in [0.4, 0.5) is 19.1 Å². The molecule has 2 aromatic rings. The summed E-state index contributed by atoms with van der Waals surface area (Å²) in [5.41, 5.74) is -0.997. The smallest absolute Gasteiger partial charge is 0.357 e. The SMILES string of the molecule is CNc1nc(Sc2nc(C)cc(=O)[nH]2)cc(C(F)(F)F)n1. The lowest BCUT2D eigenvalue weighted by Crippen LogP contribution is -2.12. The third-order valence-corrected chi connectivity index (χ3v) is 3.07. The molecule has 0 radical (unpaired) electrons. The van der Waals surface area contributed by atoms with Gasteiger partial charge < -0.3 is 10.3 Å². The number of aromatic amines is 1. The van der Waals surface area contributed by atoms with Crippen molar-refractivity contribution in [3.05, 3.63) is 33.9 Å². The van der Waals surface area contributed by atoms with Gasteiger partial charge in [-0.25, -0.2) is 15.0 Å². The zero-order chi connectivity index (χ0) is 15.6. The van der Waals surface area contributed by atoms with Crippen molar-refractivity contribution in [3.63, 3.8) is 0 Å². The highest BCUT2D eigenvalue weighted by atomic mass is 32.2. The number of H-pyrrole nitrogens is 1. The van der Waals surface area contributed by atoms with E-state index in [4.69, 9.17) is 0 Å². The summed E-state index contributed by atoms with van der Waals surface area (Å²) in [4.78, 5) is 25.0. The first-order valence-corrected chi connectivity index (χ1v) is 6.49. The second-order valence-electron chi connectivity index (χ2n) is 3.96. The number of nitrogens with zero attached hydrogens (tertiary/aromatic N) is 3. The molecule has 2 N–H and O–H groups in total. The fraction of sp³-hybridized carbons (Fsp3) is 0.273. The number of aryl methyl sites for hydroxylation is 1. The largest absolute Gasteiger partial charge is 0.433 e. The molecule has 0 atom stereocenters. The highest BCUT2D eigenvalue weighted by Crippen LogP contribution is 2.32. The number of hydrogen-bond donors (Lipinski definition) is 2. The second-order valence-corrected chi connectivity index (χ2v) is 4.97. The van der Waals surface area contributed by atoms with E-state index in [9.17, 15) is 18.0 Å². The van der Waals surface area contributed by atoms with Gasteiger partial charge in [-0.15, -0.1) is 0 Å². The molecule has 0 aliphatic carbocycles. The van der Waals surface area contributed by atoms with Crippen LogP contribution in [0.15, 0.2) is 27.1 Å². The van der Waals surface area contributed by atoms with E-state index in [1.807, 2.05) is 0 Å². The van der Waals surface area contributed by atoms with Crippen molar-refractivity contribution in [3.8, 4) is 0 Å². The van der Waals surface area contributed by atoms with Crippen molar-refractivity contribution in [2.45, 2.75) is 23.3 Å². The fourth-order valence-corrected chi connectivity index (χ4v) is 2.28. The minimum absolute atomic E-state index is 0.0235. The summed E-state index contributed by atoms with van der Waals surface area (Å²) < 4.78 is 38.3. The van der Waals surface area contributed by atoms with Crippen molar-refractivity contribution < 1.29 is 13.2 Å². The Labute approximate surface area is 121 Å². The predicted octanol–water partition coefficient (Wildman–Crippen LogP) is 2.08. The van der Waals surface area contributed by atoms with Gasteiger partial charge in [-0.05, 0) is 18.7 Å². The molecule has 0 bridgehead atoms. The van der Waals surface area contributed by atoms with Crippen molar-refractivity contribution in [2.24, 2.45) is 0 Å². The molecule has 2 aromatic heterocycles. The number of halogens is 3. The van der Waals surface area contributed by atoms with Gasteiger partial charge in [0.1, 0.15) is 5.03 Å². The van der Waals surface area contributed by atoms with Gasteiger partial charge in [0.05, 0.1) is 0 Å². The highest BCUT2D eigenvalue weighted by molar-refractivity contribution is 7.99. The van der Waals surface area contributed by atoms with Crippen LogP contribution in [0.1, 0.15) is 11.4 Å². The average molecular weight is 317 g/mol. The van der Waals surface area contributed by atoms with Crippen LogP contribution in [-0.4, -0.2) is 27.0 Å². The summed E-state index contributed by atoms with van der Waals surface area (Å²) in [5, 5.41) is 2.65. The van der Waals surface area contributed by atoms with Gasteiger partial charge in [0.25, 0.3) is 5.56 Å². The van der Waals surface area contributed by atoms with Crippen LogP contribution in [0.2, 0.25) is 0 Å². The molecular formula is C11H10F3N5OS. The van der Waals surface area contributed by atoms with Crippen molar-refractivity contribution in [1.82, 2.24) is 19.9 Å². The molecule has 6 nitrogen and oxygen atoms in total. The molecule has 2 rings (SSSR count). The molecule has 0 fully saturated rings. The minimum atomic E-state index is -4.59. The van der Waals surface area contributed by atoms with E-state index in [1.165, 1.54) is 13.1 Å². The van der Waals surface area contributed by atoms with Crippen LogP contribution in [0, 0.1) is 6.92 Å². The van der Waals surface area contributed by atoms with Gasteiger partial charge in [0, 0.05) is 24.9 Å². The van der Waals surface area contributed by atoms with E-state index in [-0.39, 0.29) is 21.7 Å². The van der Waals surface area contributed by atoms with E-state index < -0.39 is 11.9 Å². The molecule has 0 unspecified atom stereocenters. The zero-order valence-electron chi connectivity index (χ0n) is 10.9. The minimum Gasteiger partial charge on any atom is -0.357 e. The van der Waals surface area contributed by atoms with E-state index in [2.05, 4.69) is 25.3 Å². The van der Waals surface area contributed by atoms with E-state index in [0.29, 0.717) is 5.69 Å². The normalized spacial score (nSPS) is 11.5. The molecule has 0 aliphatic rings. The second kappa shape index (κ2) is 5.72. The quantitative estimate of drug-likeness (QED) is 0.666. The molecule has 0 amide bonds. The maximum atomic E-state index is 12.8. The van der Waals surface area contributed by atoms with Crippen LogP contribution < -0.4 is 10.9 Å². The maximum absolute atomic E-state index is 12.8. The Hall–Kier alpha value is -2.10. The van der Waals surface area contributed by atoms with Crippen LogP contribution in [-0.2, 0) is 6.18 Å². The van der Waals surface area contributed by atoms with Crippen LogP contribution in [0.25, 0.3) is 0 Å². The van der Waals surface area contributed by atoms with Gasteiger partial charge >= 0.3 is 6.18 Å². The lowest BCUT2D eigenvalue weighted by molar-refractivity contribution is -0.141. The monoisotopic (exact) mass is 317 g/mol. The Morgan fingerprint density at radius 1 is 1.24 bits per heavy atom. The third kappa shape index (κ3) is 3.94. The van der Waals surface area contributed by atoms with Crippen LogP contribution >= 0.6 is 11.8 Å². The molecule has 112 valence electrons. The molecule has 0 aliphatic heterocycles. The third-order valence-electron chi connectivity index (χ3n) is 2.27. The molecule has 0 aromatic carbocycles. The Balaban J connectivity index is 2.41. The molecule has 0 spiro atoms.